The molecule has 0 spiro atoms. The summed E-state index contributed by atoms with van der Waals surface area (Å²) in [6, 6.07) is 14.9. The van der Waals surface area contributed by atoms with Crippen LogP contribution in [0.3, 0.4) is 0 Å². The number of hydrogen-bond donors (Lipinski definition) is 0. The largest absolute Gasteiger partial charge is 0.435 e. The maximum atomic E-state index is 12.2. The monoisotopic (exact) mass is 340 g/mol. The fraction of sp³-hybridized carbons (Fsp3) is 0.250. The van der Waals surface area contributed by atoms with Crippen molar-refractivity contribution in [2.75, 3.05) is 0 Å². The molecule has 1 unspecified atom stereocenters. The Morgan fingerprint density at radius 3 is 2.55 bits per heavy atom. The fourth-order valence-corrected chi connectivity index (χ4v) is 2.67. The van der Waals surface area contributed by atoms with E-state index in [-0.39, 0.29) is 10.6 Å². The Morgan fingerprint density at radius 2 is 1.85 bits per heavy atom. The van der Waals surface area contributed by atoms with Gasteiger partial charge >= 0.3 is 6.61 Å². The molecule has 106 valence electrons. The smallest absolute Gasteiger partial charge is 0.387 e. The molecule has 0 aromatic heterocycles. The Kier molecular flexibility index (Phi) is 5.12. The highest BCUT2D eigenvalue weighted by Gasteiger charge is 2.12. The summed E-state index contributed by atoms with van der Waals surface area (Å²) < 4.78 is 28.9. The molecule has 0 aliphatic rings. The van der Waals surface area contributed by atoms with E-state index in [9.17, 15) is 8.78 Å². The number of halogens is 3. The second-order valence-corrected chi connectivity index (χ2v) is 5.65. The van der Waals surface area contributed by atoms with Gasteiger partial charge in [0.05, 0.1) is 0 Å². The third-order valence-electron chi connectivity index (χ3n) is 3.11. The standard InChI is InChI=1S/C16H15BrF2O/c1-11-5-2-3-6-12(11)10-15(17)13-7-4-8-14(9-13)20-16(18)19/h2-9,15-16H,10H2,1H3. The summed E-state index contributed by atoms with van der Waals surface area (Å²) in [5, 5.41) is 0. The van der Waals surface area contributed by atoms with Gasteiger partial charge in [-0.15, -0.1) is 0 Å². The number of rotatable bonds is 5. The Labute approximate surface area is 125 Å². The maximum absolute atomic E-state index is 12.2. The summed E-state index contributed by atoms with van der Waals surface area (Å²) >= 11 is 3.61. The summed E-state index contributed by atoms with van der Waals surface area (Å²) in [5.41, 5.74) is 3.37. The topological polar surface area (TPSA) is 9.23 Å². The molecule has 0 aliphatic heterocycles. The van der Waals surface area contributed by atoms with Gasteiger partial charge in [0.2, 0.25) is 0 Å². The van der Waals surface area contributed by atoms with Gasteiger partial charge in [0, 0.05) is 4.83 Å². The van der Waals surface area contributed by atoms with Gasteiger partial charge in [0.15, 0.2) is 0 Å². The highest BCUT2D eigenvalue weighted by molar-refractivity contribution is 9.09. The molecule has 1 nitrogen and oxygen atoms in total. The van der Waals surface area contributed by atoms with Crippen molar-refractivity contribution in [3.63, 3.8) is 0 Å². The molecule has 0 amide bonds. The van der Waals surface area contributed by atoms with Crippen LogP contribution in [0.5, 0.6) is 5.75 Å². The Morgan fingerprint density at radius 1 is 1.10 bits per heavy atom. The van der Waals surface area contributed by atoms with E-state index in [0.29, 0.717) is 0 Å². The number of alkyl halides is 3. The molecule has 2 aromatic rings. The average Bonchev–Trinajstić information content (AvgIpc) is 2.41. The van der Waals surface area contributed by atoms with Gasteiger partial charge in [-0.05, 0) is 42.2 Å². The Hall–Kier alpha value is -1.42. The normalized spacial score (nSPS) is 12.4. The molecule has 20 heavy (non-hydrogen) atoms. The molecule has 2 rings (SSSR count). The molecule has 0 N–H and O–H groups in total. The molecule has 4 heteroatoms. The lowest BCUT2D eigenvalue weighted by Crippen LogP contribution is -2.03. The zero-order chi connectivity index (χ0) is 14.5. The summed E-state index contributed by atoms with van der Waals surface area (Å²) in [6.07, 6.45) is 0.796. The minimum atomic E-state index is -2.80. The first kappa shape index (κ1) is 15.0. The third kappa shape index (κ3) is 4.04. The van der Waals surface area contributed by atoms with Crippen LogP contribution in [0.25, 0.3) is 0 Å². The van der Waals surface area contributed by atoms with Gasteiger partial charge in [0.1, 0.15) is 5.75 Å². The highest BCUT2D eigenvalue weighted by Crippen LogP contribution is 2.30. The van der Waals surface area contributed by atoms with E-state index >= 15 is 0 Å². The van der Waals surface area contributed by atoms with Crippen molar-refractivity contribution in [1.82, 2.24) is 0 Å². The van der Waals surface area contributed by atoms with Crippen LogP contribution >= 0.6 is 15.9 Å². The summed E-state index contributed by atoms with van der Waals surface area (Å²) in [4.78, 5) is 0.0600. The van der Waals surface area contributed by atoms with Crippen LogP contribution in [-0.2, 0) is 6.42 Å². The van der Waals surface area contributed by atoms with Crippen LogP contribution < -0.4 is 4.74 Å². The molecule has 0 radical (unpaired) electrons. The number of aryl methyl sites for hydroxylation is 1. The predicted octanol–water partition coefficient (Wildman–Crippen LogP) is 5.28. The van der Waals surface area contributed by atoms with Crippen LogP contribution in [-0.4, -0.2) is 6.61 Å². The molecule has 0 saturated heterocycles. The van der Waals surface area contributed by atoms with E-state index in [1.807, 2.05) is 18.2 Å². The lowest BCUT2D eigenvalue weighted by atomic mass is 10.0. The van der Waals surface area contributed by atoms with Gasteiger partial charge in [0.25, 0.3) is 0 Å². The SMILES string of the molecule is Cc1ccccc1CC(Br)c1cccc(OC(F)F)c1. The van der Waals surface area contributed by atoms with Crippen LogP contribution in [0.4, 0.5) is 8.78 Å². The van der Waals surface area contributed by atoms with Gasteiger partial charge < -0.3 is 4.74 Å². The van der Waals surface area contributed by atoms with Gasteiger partial charge in [-0.2, -0.15) is 8.78 Å². The van der Waals surface area contributed by atoms with Crippen LogP contribution in [0, 0.1) is 6.92 Å². The Balaban J connectivity index is 2.13. The molecule has 1 atom stereocenters. The van der Waals surface area contributed by atoms with Crippen molar-refractivity contribution >= 4 is 15.9 Å². The maximum Gasteiger partial charge on any atom is 0.387 e. The van der Waals surface area contributed by atoms with Crippen molar-refractivity contribution < 1.29 is 13.5 Å². The summed E-state index contributed by atoms with van der Waals surface area (Å²) in [6.45, 7) is -0.735. The fourth-order valence-electron chi connectivity index (χ4n) is 2.04. The quantitative estimate of drug-likeness (QED) is 0.673. The van der Waals surface area contributed by atoms with E-state index in [1.165, 1.54) is 17.2 Å². The number of ether oxygens (including phenoxy) is 1. The van der Waals surface area contributed by atoms with Gasteiger partial charge in [-0.1, -0.05) is 52.3 Å². The zero-order valence-electron chi connectivity index (χ0n) is 11.0. The highest BCUT2D eigenvalue weighted by atomic mass is 79.9. The summed E-state index contributed by atoms with van der Waals surface area (Å²) in [5.74, 6) is 0.187. The van der Waals surface area contributed by atoms with Gasteiger partial charge in [-0.25, -0.2) is 0 Å². The molecule has 0 aliphatic carbocycles. The minimum absolute atomic E-state index is 0.0600. The molecule has 0 fully saturated rings. The predicted molar refractivity (Wildman–Crippen MR) is 79.6 cm³/mol. The van der Waals surface area contributed by atoms with Crippen molar-refractivity contribution in [2.24, 2.45) is 0 Å². The average molecular weight is 341 g/mol. The van der Waals surface area contributed by atoms with E-state index in [1.54, 1.807) is 12.1 Å². The lowest BCUT2D eigenvalue weighted by molar-refractivity contribution is -0.0498. The number of hydrogen-bond acceptors (Lipinski definition) is 1. The zero-order valence-corrected chi connectivity index (χ0v) is 12.6. The van der Waals surface area contributed by atoms with Crippen molar-refractivity contribution in [3.8, 4) is 5.75 Å². The molecule has 0 bridgehead atoms. The first-order valence-electron chi connectivity index (χ1n) is 6.29. The molecule has 0 heterocycles. The first-order chi connectivity index (χ1) is 9.56. The van der Waals surface area contributed by atoms with Crippen LogP contribution in [0.15, 0.2) is 48.5 Å². The molecule has 0 saturated carbocycles. The van der Waals surface area contributed by atoms with E-state index < -0.39 is 6.61 Å². The lowest BCUT2D eigenvalue weighted by Gasteiger charge is -2.13. The Bertz CT molecular complexity index is 572. The van der Waals surface area contributed by atoms with Crippen LogP contribution in [0.2, 0.25) is 0 Å². The second kappa shape index (κ2) is 6.84. The van der Waals surface area contributed by atoms with Crippen molar-refractivity contribution in [3.05, 3.63) is 65.2 Å². The molecular formula is C16H15BrF2O. The van der Waals surface area contributed by atoms with Gasteiger partial charge in [-0.3, -0.25) is 0 Å². The van der Waals surface area contributed by atoms with Crippen molar-refractivity contribution in [1.29, 1.82) is 0 Å². The van der Waals surface area contributed by atoms with E-state index in [4.69, 9.17) is 0 Å². The van der Waals surface area contributed by atoms with E-state index in [2.05, 4.69) is 39.7 Å². The van der Waals surface area contributed by atoms with Crippen molar-refractivity contribution in [2.45, 2.75) is 24.8 Å². The van der Waals surface area contributed by atoms with Crippen LogP contribution in [0.1, 0.15) is 21.5 Å². The molecular weight excluding hydrogens is 326 g/mol. The first-order valence-corrected chi connectivity index (χ1v) is 7.21. The third-order valence-corrected chi connectivity index (χ3v) is 3.96. The molecule has 2 aromatic carbocycles. The van der Waals surface area contributed by atoms with E-state index in [0.717, 1.165) is 12.0 Å². The second-order valence-electron chi connectivity index (χ2n) is 4.55. The summed E-state index contributed by atoms with van der Waals surface area (Å²) in [7, 11) is 0. The minimum Gasteiger partial charge on any atom is -0.435 e. The number of benzene rings is 2.